The second-order valence-electron chi connectivity index (χ2n) is 6.79. The van der Waals surface area contributed by atoms with Gasteiger partial charge in [-0.3, -0.25) is 10.6 Å². The molecular formula is C16H33N5O2. The minimum atomic E-state index is -0.224. The summed E-state index contributed by atoms with van der Waals surface area (Å²) < 4.78 is 0. The van der Waals surface area contributed by atoms with Crippen molar-refractivity contribution in [1.29, 1.82) is 0 Å². The summed E-state index contributed by atoms with van der Waals surface area (Å²) in [7, 11) is 0. The van der Waals surface area contributed by atoms with Crippen molar-refractivity contribution in [2.75, 3.05) is 13.2 Å². The van der Waals surface area contributed by atoms with E-state index in [-0.39, 0.29) is 25.1 Å². The molecule has 2 rings (SSSR count). The van der Waals surface area contributed by atoms with Crippen LogP contribution in [0.3, 0.4) is 0 Å². The number of urea groups is 1. The Labute approximate surface area is 139 Å². The van der Waals surface area contributed by atoms with Crippen LogP contribution in [0, 0.1) is 0 Å². The van der Waals surface area contributed by atoms with Crippen molar-refractivity contribution in [2.45, 2.75) is 82.8 Å². The van der Waals surface area contributed by atoms with Gasteiger partial charge >= 0.3 is 6.03 Å². The summed E-state index contributed by atoms with van der Waals surface area (Å²) >= 11 is 0. The number of aliphatic hydroxyl groups excluding tert-OH is 1. The molecule has 0 spiro atoms. The lowest BCUT2D eigenvalue weighted by molar-refractivity contribution is 0.183. The zero-order valence-electron chi connectivity index (χ0n) is 14.2. The zero-order chi connectivity index (χ0) is 16.5. The van der Waals surface area contributed by atoms with Crippen LogP contribution >= 0.6 is 0 Å². The van der Waals surface area contributed by atoms with Gasteiger partial charge < -0.3 is 21.1 Å². The SMILES string of the molecule is CC1CC(NCCCCO)NC(NC(=O)NC2CCCCC2)N1. The molecule has 3 unspecified atom stereocenters. The van der Waals surface area contributed by atoms with E-state index in [2.05, 4.69) is 33.5 Å². The van der Waals surface area contributed by atoms with E-state index in [9.17, 15) is 4.79 Å². The smallest absolute Gasteiger partial charge is 0.317 e. The van der Waals surface area contributed by atoms with Gasteiger partial charge in [-0.15, -0.1) is 0 Å². The molecule has 3 atom stereocenters. The second-order valence-corrected chi connectivity index (χ2v) is 6.79. The quantitative estimate of drug-likeness (QED) is 0.384. The topological polar surface area (TPSA) is 97.5 Å². The Balaban J connectivity index is 1.69. The predicted octanol–water partition coefficient (Wildman–Crippen LogP) is 0.562. The van der Waals surface area contributed by atoms with E-state index in [0.717, 1.165) is 38.6 Å². The van der Waals surface area contributed by atoms with E-state index in [1.165, 1.54) is 19.3 Å². The van der Waals surface area contributed by atoms with Crippen molar-refractivity contribution in [3.63, 3.8) is 0 Å². The molecule has 7 heteroatoms. The first-order chi connectivity index (χ1) is 11.2. The number of rotatable bonds is 7. The molecule has 0 bridgehead atoms. The number of hydrogen-bond acceptors (Lipinski definition) is 5. The molecule has 0 aromatic heterocycles. The maximum Gasteiger partial charge on any atom is 0.317 e. The fraction of sp³-hybridized carbons (Fsp3) is 0.938. The summed E-state index contributed by atoms with van der Waals surface area (Å²) in [5.74, 6) is 0. The Morgan fingerprint density at radius 1 is 1.13 bits per heavy atom. The highest BCUT2D eigenvalue weighted by Gasteiger charge is 2.26. The van der Waals surface area contributed by atoms with E-state index in [4.69, 9.17) is 5.11 Å². The van der Waals surface area contributed by atoms with Crippen molar-refractivity contribution < 1.29 is 9.90 Å². The summed E-state index contributed by atoms with van der Waals surface area (Å²) in [5, 5.41) is 25.0. The maximum absolute atomic E-state index is 12.1. The predicted molar refractivity (Wildman–Crippen MR) is 90.8 cm³/mol. The number of amides is 2. The summed E-state index contributed by atoms with van der Waals surface area (Å²) in [6.45, 7) is 3.23. The highest BCUT2D eigenvalue weighted by molar-refractivity contribution is 5.74. The molecule has 1 saturated carbocycles. The minimum absolute atomic E-state index is 0.102. The summed E-state index contributed by atoms with van der Waals surface area (Å²) in [6, 6.07) is 0.541. The van der Waals surface area contributed by atoms with E-state index in [1.54, 1.807) is 0 Å². The number of carbonyl (C=O) groups is 1. The van der Waals surface area contributed by atoms with Gasteiger partial charge in [0.05, 0.1) is 6.17 Å². The molecule has 0 radical (unpaired) electrons. The standard InChI is InChI=1S/C16H33N5O2/c1-12-11-14(17-9-5-6-10-22)20-15(18-12)21-16(23)19-13-7-3-2-4-8-13/h12-15,17-18,20,22H,2-11H2,1H3,(H2,19,21,23). The average molecular weight is 327 g/mol. The minimum Gasteiger partial charge on any atom is -0.396 e. The van der Waals surface area contributed by atoms with E-state index < -0.39 is 0 Å². The summed E-state index contributed by atoms with van der Waals surface area (Å²) in [4.78, 5) is 12.1. The Morgan fingerprint density at radius 3 is 2.65 bits per heavy atom. The molecular weight excluding hydrogens is 294 g/mol. The normalized spacial score (nSPS) is 29.2. The molecule has 1 aliphatic carbocycles. The number of unbranched alkanes of at least 4 members (excludes halogenated alkanes) is 1. The monoisotopic (exact) mass is 327 g/mol. The van der Waals surface area contributed by atoms with Crippen molar-refractivity contribution in [1.82, 2.24) is 26.6 Å². The van der Waals surface area contributed by atoms with Crippen LogP contribution < -0.4 is 26.6 Å². The first kappa shape index (κ1) is 18.4. The van der Waals surface area contributed by atoms with Gasteiger partial charge in [-0.1, -0.05) is 19.3 Å². The van der Waals surface area contributed by atoms with Gasteiger partial charge in [-0.2, -0.15) is 0 Å². The van der Waals surface area contributed by atoms with Crippen molar-refractivity contribution >= 4 is 6.03 Å². The Hall–Kier alpha value is -0.890. The van der Waals surface area contributed by atoms with Crippen molar-refractivity contribution in [3.8, 4) is 0 Å². The van der Waals surface area contributed by atoms with Gasteiger partial charge in [-0.25, -0.2) is 4.79 Å². The molecule has 1 heterocycles. The van der Waals surface area contributed by atoms with Crippen LogP contribution in [0.15, 0.2) is 0 Å². The first-order valence-electron chi connectivity index (χ1n) is 9.10. The zero-order valence-corrected chi connectivity index (χ0v) is 14.2. The van der Waals surface area contributed by atoms with E-state index in [1.807, 2.05) is 0 Å². The molecule has 2 aliphatic rings. The average Bonchev–Trinajstić information content (AvgIpc) is 2.52. The highest BCUT2D eigenvalue weighted by Crippen LogP contribution is 2.17. The van der Waals surface area contributed by atoms with E-state index >= 15 is 0 Å². The van der Waals surface area contributed by atoms with Crippen LogP contribution in [-0.4, -0.2) is 48.8 Å². The molecule has 1 aliphatic heterocycles. The van der Waals surface area contributed by atoms with Crippen LogP contribution in [0.4, 0.5) is 4.79 Å². The Morgan fingerprint density at radius 2 is 1.91 bits per heavy atom. The Kier molecular flexibility index (Phi) is 8.08. The molecule has 1 saturated heterocycles. The second kappa shape index (κ2) is 10.1. The van der Waals surface area contributed by atoms with Crippen LogP contribution in [0.5, 0.6) is 0 Å². The van der Waals surface area contributed by atoms with Crippen LogP contribution in [0.1, 0.15) is 58.3 Å². The third-order valence-electron chi connectivity index (χ3n) is 4.60. The number of hydrogen-bond donors (Lipinski definition) is 6. The van der Waals surface area contributed by atoms with Gasteiger partial charge in [0.2, 0.25) is 0 Å². The maximum atomic E-state index is 12.1. The fourth-order valence-electron chi connectivity index (χ4n) is 3.37. The third-order valence-corrected chi connectivity index (χ3v) is 4.60. The fourth-order valence-corrected chi connectivity index (χ4v) is 3.37. The Bertz CT molecular complexity index is 349. The van der Waals surface area contributed by atoms with E-state index in [0.29, 0.717) is 12.1 Å². The number of nitrogens with one attached hydrogen (secondary N) is 5. The lowest BCUT2D eigenvalue weighted by atomic mass is 9.96. The highest BCUT2D eigenvalue weighted by atomic mass is 16.3. The molecule has 134 valence electrons. The molecule has 6 N–H and O–H groups in total. The van der Waals surface area contributed by atoms with Gasteiger partial charge in [-0.05, 0) is 45.6 Å². The molecule has 2 amide bonds. The number of aliphatic hydroxyl groups is 1. The summed E-state index contributed by atoms with van der Waals surface area (Å²) in [6.07, 6.45) is 8.56. The van der Waals surface area contributed by atoms with Crippen molar-refractivity contribution in [3.05, 3.63) is 0 Å². The molecule has 23 heavy (non-hydrogen) atoms. The lowest BCUT2D eigenvalue weighted by Crippen LogP contribution is -2.68. The van der Waals surface area contributed by atoms with Crippen LogP contribution in [-0.2, 0) is 0 Å². The summed E-state index contributed by atoms with van der Waals surface area (Å²) in [5.41, 5.74) is 0. The van der Waals surface area contributed by atoms with Gasteiger partial charge in [0, 0.05) is 18.7 Å². The molecule has 7 nitrogen and oxygen atoms in total. The first-order valence-corrected chi connectivity index (χ1v) is 9.10. The molecule has 0 aromatic rings. The lowest BCUT2D eigenvalue weighted by Gasteiger charge is -2.37. The van der Waals surface area contributed by atoms with Gasteiger partial charge in [0.1, 0.15) is 6.29 Å². The van der Waals surface area contributed by atoms with Crippen molar-refractivity contribution in [2.24, 2.45) is 0 Å². The van der Waals surface area contributed by atoms with Gasteiger partial charge in [0.15, 0.2) is 0 Å². The van der Waals surface area contributed by atoms with Gasteiger partial charge in [0.25, 0.3) is 0 Å². The molecule has 0 aromatic carbocycles. The largest absolute Gasteiger partial charge is 0.396 e. The molecule has 2 fully saturated rings. The third kappa shape index (κ3) is 7.03. The van der Waals surface area contributed by atoms with Crippen LogP contribution in [0.2, 0.25) is 0 Å². The number of carbonyl (C=O) groups excluding carboxylic acids is 1. The van der Waals surface area contributed by atoms with Crippen LogP contribution in [0.25, 0.3) is 0 Å².